The zero-order valence-corrected chi connectivity index (χ0v) is 18.8. The van der Waals surface area contributed by atoms with Crippen LogP contribution in [0.5, 0.6) is 11.5 Å². The highest BCUT2D eigenvalue weighted by molar-refractivity contribution is 9.10. The van der Waals surface area contributed by atoms with Crippen LogP contribution in [0, 0.1) is 0 Å². The molecule has 156 valence electrons. The molecule has 0 saturated heterocycles. The van der Waals surface area contributed by atoms with Crippen molar-refractivity contribution in [3.8, 4) is 11.5 Å². The van der Waals surface area contributed by atoms with Crippen molar-refractivity contribution in [3.63, 3.8) is 0 Å². The highest BCUT2D eigenvalue weighted by Gasteiger charge is 2.10. The molecule has 4 nitrogen and oxygen atoms in total. The molecule has 0 aliphatic rings. The molecule has 0 radical (unpaired) electrons. The van der Waals surface area contributed by atoms with Gasteiger partial charge in [-0.2, -0.15) is 0 Å². The Labute approximate surface area is 186 Å². The van der Waals surface area contributed by atoms with E-state index >= 15 is 0 Å². The van der Waals surface area contributed by atoms with E-state index in [2.05, 4.69) is 58.5 Å². The number of ether oxygens (including phenoxy) is 2. The van der Waals surface area contributed by atoms with Crippen LogP contribution >= 0.6 is 15.9 Å². The largest absolute Gasteiger partial charge is 0.469 e. The Morgan fingerprint density at radius 1 is 1.00 bits per heavy atom. The smallest absolute Gasteiger partial charge is 0.309 e. The lowest BCUT2D eigenvalue weighted by atomic mass is 10.1. The minimum absolute atomic E-state index is 0.222. The van der Waals surface area contributed by atoms with Crippen LogP contribution in [0.1, 0.15) is 23.6 Å². The Bertz CT molecular complexity index is 975. The molecule has 0 unspecified atom stereocenters. The van der Waals surface area contributed by atoms with Gasteiger partial charge in [-0.05, 0) is 54.8 Å². The molecule has 0 spiro atoms. The summed E-state index contributed by atoms with van der Waals surface area (Å²) in [4.78, 5) is 11.5. The van der Waals surface area contributed by atoms with Crippen LogP contribution < -0.4 is 10.1 Å². The van der Waals surface area contributed by atoms with Gasteiger partial charge in [-0.15, -0.1) is 0 Å². The van der Waals surface area contributed by atoms with Gasteiger partial charge < -0.3 is 14.8 Å². The van der Waals surface area contributed by atoms with Gasteiger partial charge in [0.05, 0.1) is 13.5 Å². The monoisotopic (exact) mass is 467 g/mol. The van der Waals surface area contributed by atoms with Crippen LogP contribution in [-0.4, -0.2) is 19.1 Å². The summed E-state index contributed by atoms with van der Waals surface area (Å²) in [6.45, 7) is 2.87. The number of nitrogens with one attached hydrogen (secondary N) is 1. The van der Waals surface area contributed by atoms with E-state index in [0.717, 1.165) is 27.8 Å². The molecule has 0 fully saturated rings. The molecule has 0 bridgehead atoms. The summed E-state index contributed by atoms with van der Waals surface area (Å²) in [5.74, 6) is 1.21. The molecule has 5 heteroatoms. The first-order valence-corrected chi connectivity index (χ1v) is 10.7. The Morgan fingerprint density at radius 2 is 1.77 bits per heavy atom. The topological polar surface area (TPSA) is 47.6 Å². The van der Waals surface area contributed by atoms with Gasteiger partial charge in [0.25, 0.3) is 0 Å². The van der Waals surface area contributed by atoms with Crippen molar-refractivity contribution in [1.29, 1.82) is 0 Å². The van der Waals surface area contributed by atoms with Crippen molar-refractivity contribution in [1.82, 2.24) is 5.32 Å². The third kappa shape index (κ3) is 6.71. The molecule has 1 N–H and O–H groups in total. The number of carbonyl (C=O) groups is 1. The Balaban J connectivity index is 1.68. The maximum atomic E-state index is 11.5. The number of rotatable bonds is 9. The zero-order valence-electron chi connectivity index (χ0n) is 17.2. The van der Waals surface area contributed by atoms with Gasteiger partial charge in [0.15, 0.2) is 0 Å². The fraction of sp³-hybridized carbons (Fsp3) is 0.240. The molecule has 30 heavy (non-hydrogen) atoms. The molecule has 1 atom stereocenters. The lowest BCUT2D eigenvalue weighted by molar-refractivity contribution is -0.139. The fourth-order valence-corrected chi connectivity index (χ4v) is 3.60. The second-order valence-corrected chi connectivity index (χ2v) is 8.14. The average molecular weight is 468 g/mol. The van der Waals surface area contributed by atoms with Crippen molar-refractivity contribution in [3.05, 3.63) is 94.0 Å². The maximum Gasteiger partial charge on any atom is 0.309 e. The van der Waals surface area contributed by atoms with Crippen molar-refractivity contribution in [2.75, 3.05) is 7.11 Å². The minimum Gasteiger partial charge on any atom is -0.469 e. The summed E-state index contributed by atoms with van der Waals surface area (Å²) in [6.07, 6.45) is 1.18. The number of hydrogen-bond donors (Lipinski definition) is 1. The molecule has 0 heterocycles. The van der Waals surface area contributed by atoms with E-state index in [4.69, 9.17) is 9.47 Å². The Kier molecular flexibility index (Phi) is 8.05. The lowest BCUT2D eigenvalue weighted by Crippen LogP contribution is -2.27. The van der Waals surface area contributed by atoms with Gasteiger partial charge in [-0.3, -0.25) is 4.79 Å². The van der Waals surface area contributed by atoms with Crippen molar-refractivity contribution in [2.24, 2.45) is 0 Å². The van der Waals surface area contributed by atoms with Gasteiger partial charge in [0, 0.05) is 22.6 Å². The van der Waals surface area contributed by atoms with Gasteiger partial charge >= 0.3 is 5.97 Å². The summed E-state index contributed by atoms with van der Waals surface area (Å²) < 4.78 is 11.9. The fourth-order valence-electron chi connectivity index (χ4n) is 3.19. The first-order chi connectivity index (χ1) is 14.5. The second kappa shape index (κ2) is 11.0. The minimum atomic E-state index is -0.270. The molecule has 0 saturated carbocycles. The zero-order chi connectivity index (χ0) is 21.3. The van der Waals surface area contributed by atoms with Gasteiger partial charge in [0.1, 0.15) is 11.5 Å². The maximum absolute atomic E-state index is 11.5. The van der Waals surface area contributed by atoms with E-state index < -0.39 is 0 Å². The van der Waals surface area contributed by atoms with Crippen LogP contribution in [0.25, 0.3) is 0 Å². The molecule has 0 aliphatic heterocycles. The van der Waals surface area contributed by atoms with Crippen molar-refractivity contribution < 1.29 is 14.3 Å². The number of methoxy groups -OCH3 is 1. The number of benzene rings is 3. The summed E-state index contributed by atoms with van der Waals surface area (Å²) in [7, 11) is 1.39. The highest BCUT2D eigenvalue weighted by Crippen LogP contribution is 2.29. The predicted molar refractivity (Wildman–Crippen MR) is 123 cm³/mol. The molecule has 0 amide bonds. The van der Waals surface area contributed by atoms with E-state index in [0.29, 0.717) is 18.3 Å². The average Bonchev–Trinajstić information content (AvgIpc) is 2.75. The third-order valence-electron chi connectivity index (χ3n) is 4.75. The first-order valence-electron chi connectivity index (χ1n) is 9.93. The number of esters is 1. The van der Waals surface area contributed by atoms with E-state index in [1.165, 1.54) is 12.7 Å². The van der Waals surface area contributed by atoms with E-state index in [-0.39, 0.29) is 12.4 Å². The molecular formula is C25H26BrNO3. The third-order valence-corrected chi connectivity index (χ3v) is 5.24. The molecular weight excluding hydrogens is 442 g/mol. The lowest BCUT2D eigenvalue weighted by Gasteiger charge is -2.17. The van der Waals surface area contributed by atoms with Gasteiger partial charge in [-0.25, -0.2) is 0 Å². The van der Waals surface area contributed by atoms with Gasteiger partial charge in [-0.1, -0.05) is 58.4 Å². The SMILES string of the molecule is COC(=O)Cc1cccc(Oc2ccc(Br)cc2CN[C@@H](C)Cc2ccccc2)c1. The van der Waals surface area contributed by atoms with E-state index in [1.54, 1.807) is 0 Å². The summed E-state index contributed by atoms with van der Waals surface area (Å²) in [5, 5.41) is 3.58. The normalized spacial score (nSPS) is 11.7. The Morgan fingerprint density at radius 3 is 2.53 bits per heavy atom. The molecule has 3 rings (SSSR count). The van der Waals surface area contributed by atoms with Crippen LogP contribution in [-0.2, 0) is 28.9 Å². The van der Waals surface area contributed by atoms with E-state index in [1.807, 2.05) is 42.5 Å². The first kappa shape index (κ1) is 22.1. The van der Waals surface area contributed by atoms with Crippen LogP contribution in [0.4, 0.5) is 0 Å². The molecule has 0 aromatic heterocycles. The highest BCUT2D eigenvalue weighted by atomic mass is 79.9. The predicted octanol–water partition coefficient (Wildman–Crippen LogP) is 5.68. The van der Waals surface area contributed by atoms with Crippen LogP contribution in [0.15, 0.2) is 77.3 Å². The standard InChI is InChI=1S/C25H26BrNO3/c1-18(13-19-7-4-3-5-8-19)27-17-21-16-22(26)11-12-24(21)30-23-10-6-9-20(14-23)15-25(28)29-2/h3-12,14,16,18,27H,13,15,17H2,1-2H3/t18-/m0/s1. The second-order valence-electron chi connectivity index (χ2n) is 7.23. The molecule has 3 aromatic carbocycles. The summed E-state index contributed by atoms with van der Waals surface area (Å²) >= 11 is 3.55. The quantitative estimate of drug-likeness (QED) is 0.411. The van der Waals surface area contributed by atoms with Gasteiger partial charge in [0.2, 0.25) is 0 Å². The molecule has 0 aliphatic carbocycles. The number of carbonyl (C=O) groups excluding carboxylic acids is 1. The van der Waals surface area contributed by atoms with E-state index in [9.17, 15) is 4.79 Å². The summed E-state index contributed by atoms with van der Waals surface area (Å²) in [6, 6.07) is 24.3. The molecule has 3 aromatic rings. The van der Waals surface area contributed by atoms with Crippen molar-refractivity contribution in [2.45, 2.75) is 32.4 Å². The van der Waals surface area contributed by atoms with Crippen LogP contribution in [0.2, 0.25) is 0 Å². The summed E-state index contributed by atoms with van der Waals surface area (Å²) in [5.41, 5.74) is 3.22. The Hall–Kier alpha value is -2.63. The number of halogens is 1. The van der Waals surface area contributed by atoms with Crippen molar-refractivity contribution >= 4 is 21.9 Å². The number of hydrogen-bond acceptors (Lipinski definition) is 4. The van der Waals surface area contributed by atoms with Crippen LogP contribution in [0.3, 0.4) is 0 Å².